The third-order valence-electron chi connectivity index (χ3n) is 7.99. The SMILES string of the molecule is CCc1cc(CC)n(CC(=O)N2CCC(c3nc(C(=O)N(C)[C@@H]4CCCc5ccccc54)cs3)CC2)n1. The number of hydrogen-bond donors (Lipinski definition) is 0. The molecule has 0 unspecified atom stereocenters. The zero-order valence-corrected chi connectivity index (χ0v) is 23.0. The quantitative estimate of drug-likeness (QED) is 0.439. The lowest BCUT2D eigenvalue weighted by atomic mass is 9.87. The molecule has 1 fully saturated rings. The molecule has 1 aliphatic carbocycles. The Morgan fingerprint density at radius 1 is 1.11 bits per heavy atom. The Morgan fingerprint density at radius 2 is 1.89 bits per heavy atom. The highest BCUT2D eigenvalue weighted by atomic mass is 32.1. The molecular formula is C29H37N5O2S. The molecule has 3 heterocycles. The summed E-state index contributed by atoms with van der Waals surface area (Å²) >= 11 is 1.58. The maximum atomic E-state index is 13.3. The second kappa shape index (κ2) is 11.2. The lowest BCUT2D eigenvalue weighted by Crippen LogP contribution is -2.40. The zero-order valence-electron chi connectivity index (χ0n) is 22.2. The van der Waals surface area contributed by atoms with Gasteiger partial charge in [0.2, 0.25) is 5.91 Å². The monoisotopic (exact) mass is 519 g/mol. The van der Waals surface area contributed by atoms with Crippen LogP contribution in [0.25, 0.3) is 0 Å². The molecule has 196 valence electrons. The number of aromatic nitrogens is 3. The number of hydrogen-bond acceptors (Lipinski definition) is 5. The Balaban J connectivity index is 1.18. The van der Waals surface area contributed by atoms with Gasteiger partial charge in [-0.15, -0.1) is 11.3 Å². The number of nitrogens with zero attached hydrogens (tertiary/aromatic N) is 5. The van der Waals surface area contributed by atoms with E-state index in [0.29, 0.717) is 31.2 Å². The summed E-state index contributed by atoms with van der Waals surface area (Å²) in [4.78, 5) is 35.0. The van der Waals surface area contributed by atoms with Crippen LogP contribution < -0.4 is 0 Å². The van der Waals surface area contributed by atoms with Crippen molar-refractivity contribution in [2.75, 3.05) is 20.1 Å². The van der Waals surface area contributed by atoms with Crippen molar-refractivity contribution in [3.8, 4) is 0 Å². The van der Waals surface area contributed by atoms with E-state index < -0.39 is 0 Å². The molecule has 2 aliphatic rings. The second-order valence-corrected chi connectivity index (χ2v) is 11.1. The van der Waals surface area contributed by atoms with Crippen molar-refractivity contribution in [3.63, 3.8) is 0 Å². The summed E-state index contributed by atoms with van der Waals surface area (Å²) in [7, 11) is 1.91. The van der Waals surface area contributed by atoms with E-state index >= 15 is 0 Å². The van der Waals surface area contributed by atoms with Gasteiger partial charge in [-0.1, -0.05) is 38.1 Å². The fraction of sp³-hybridized carbons (Fsp3) is 0.517. The minimum atomic E-state index is -0.00536. The standard InChI is InChI=1S/C29H37N5O2S/c1-4-22-17-23(5-2)34(31-22)18-27(35)33-15-13-21(14-16-33)28-30-25(19-37-28)29(36)32(3)26-12-8-10-20-9-6-7-11-24(20)26/h6-7,9,11,17,19,21,26H,4-5,8,10,12-16,18H2,1-3H3/t26-/m1/s1. The summed E-state index contributed by atoms with van der Waals surface area (Å²) in [6, 6.07) is 10.7. The first-order chi connectivity index (χ1) is 18.0. The summed E-state index contributed by atoms with van der Waals surface area (Å²) < 4.78 is 1.87. The topological polar surface area (TPSA) is 71.3 Å². The molecule has 1 atom stereocenters. The Kier molecular flexibility index (Phi) is 7.74. The molecule has 0 saturated carbocycles. The Bertz CT molecular complexity index is 1260. The molecule has 1 saturated heterocycles. The van der Waals surface area contributed by atoms with Crippen molar-refractivity contribution in [2.24, 2.45) is 0 Å². The molecule has 1 aliphatic heterocycles. The molecule has 7 nitrogen and oxygen atoms in total. The summed E-state index contributed by atoms with van der Waals surface area (Å²) in [6.07, 6.45) is 6.66. The van der Waals surface area contributed by atoms with Gasteiger partial charge in [-0.3, -0.25) is 14.3 Å². The summed E-state index contributed by atoms with van der Waals surface area (Å²) in [5.74, 6) is 0.413. The Hall–Kier alpha value is -3.00. The lowest BCUT2D eigenvalue weighted by Gasteiger charge is -2.33. The van der Waals surface area contributed by atoms with Crippen LogP contribution >= 0.6 is 11.3 Å². The van der Waals surface area contributed by atoms with Crippen molar-refractivity contribution < 1.29 is 9.59 Å². The molecule has 0 spiro atoms. The van der Waals surface area contributed by atoms with Gasteiger partial charge in [0.25, 0.3) is 5.91 Å². The second-order valence-electron chi connectivity index (χ2n) is 10.2. The van der Waals surface area contributed by atoms with Gasteiger partial charge >= 0.3 is 0 Å². The minimum Gasteiger partial charge on any atom is -0.341 e. The molecular weight excluding hydrogens is 482 g/mol. The average molecular weight is 520 g/mol. The van der Waals surface area contributed by atoms with Gasteiger partial charge in [0, 0.05) is 37.1 Å². The highest BCUT2D eigenvalue weighted by Gasteiger charge is 2.30. The molecule has 0 N–H and O–H groups in total. The first kappa shape index (κ1) is 25.6. The molecule has 2 amide bonds. The molecule has 37 heavy (non-hydrogen) atoms. The van der Waals surface area contributed by atoms with E-state index in [0.717, 1.165) is 61.3 Å². The highest BCUT2D eigenvalue weighted by Crippen LogP contribution is 2.35. The van der Waals surface area contributed by atoms with Crippen LogP contribution in [0.4, 0.5) is 0 Å². The van der Waals surface area contributed by atoms with E-state index in [1.807, 2.05) is 26.9 Å². The lowest BCUT2D eigenvalue weighted by molar-refractivity contribution is -0.133. The van der Waals surface area contributed by atoms with Crippen molar-refractivity contribution in [1.29, 1.82) is 0 Å². The number of likely N-dealkylation sites (tertiary alicyclic amines) is 1. The third-order valence-corrected chi connectivity index (χ3v) is 8.99. The zero-order chi connectivity index (χ0) is 25.9. The van der Waals surface area contributed by atoms with Gasteiger partial charge in [0.1, 0.15) is 12.2 Å². The summed E-state index contributed by atoms with van der Waals surface area (Å²) in [6.45, 7) is 5.93. The number of carbonyl (C=O) groups excluding carboxylic acids is 2. The minimum absolute atomic E-state index is 0.00536. The van der Waals surface area contributed by atoms with E-state index in [1.54, 1.807) is 11.3 Å². The van der Waals surface area contributed by atoms with Crippen LogP contribution in [-0.2, 0) is 30.6 Å². The van der Waals surface area contributed by atoms with Gasteiger partial charge in [-0.05, 0) is 62.1 Å². The Labute approximate surface area is 223 Å². The Morgan fingerprint density at radius 3 is 2.65 bits per heavy atom. The molecule has 8 heteroatoms. The molecule has 3 aromatic rings. The first-order valence-electron chi connectivity index (χ1n) is 13.6. The number of fused-ring (bicyclic) bond motifs is 1. The van der Waals surface area contributed by atoms with Crippen molar-refractivity contribution in [3.05, 3.63) is 68.9 Å². The van der Waals surface area contributed by atoms with Gasteiger partial charge < -0.3 is 9.80 Å². The number of benzene rings is 1. The number of piperidine rings is 1. The van der Waals surface area contributed by atoms with Crippen LogP contribution in [0.3, 0.4) is 0 Å². The average Bonchev–Trinajstić information content (AvgIpc) is 3.59. The van der Waals surface area contributed by atoms with Crippen molar-refractivity contribution in [2.45, 2.75) is 77.3 Å². The predicted octanol–water partition coefficient (Wildman–Crippen LogP) is 5.02. The van der Waals surface area contributed by atoms with Crippen molar-refractivity contribution >= 4 is 23.2 Å². The van der Waals surface area contributed by atoms with E-state index in [9.17, 15) is 9.59 Å². The number of amides is 2. The van der Waals surface area contributed by atoms with E-state index in [2.05, 4.69) is 49.3 Å². The van der Waals surface area contributed by atoms with Gasteiger partial charge in [-0.25, -0.2) is 4.98 Å². The first-order valence-corrected chi connectivity index (χ1v) is 14.5. The number of thiazole rings is 1. The third kappa shape index (κ3) is 5.35. The van der Waals surface area contributed by atoms with Gasteiger partial charge in [0.15, 0.2) is 0 Å². The smallest absolute Gasteiger partial charge is 0.273 e. The van der Waals surface area contributed by atoms with Crippen LogP contribution in [0.2, 0.25) is 0 Å². The van der Waals surface area contributed by atoms with Gasteiger partial charge in [0.05, 0.1) is 16.7 Å². The van der Waals surface area contributed by atoms with Crippen LogP contribution in [0.15, 0.2) is 35.7 Å². The predicted molar refractivity (Wildman–Crippen MR) is 146 cm³/mol. The molecule has 5 rings (SSSR count). The molecule has 1 aromatic carbocycles. The van der Waals surface area contributed by atoms with E-state index in [4.69, 9.17) is 4.98 Å². The fourth-order valence-electron chi connectivity index (χ4n) is 5.74. The van der Waals surface area contributed by atoms with Crippen LogP contribution in [0.5, 0.6) is 0 Å². The van der Waals surface area contributed by atoms with Crippen LogP contribution in [0.1, 0.15) is 89.5 Å². The fourth-order valence-corrected chi connectivity index (χ4v) is 6.70. The number of rotatable bonds is 7. The maximum Gasteiger partial charge on any atom is 0.273 e. The molecule has 2 aromatic heterocycles. The van der Waals surface area contributed by atoms with Crippen LogP contribution in [0, 0.1) is 0 Å². The van der Waals surface area contributed by atoms with E-state index in [1.165, 1.54) is 11.1 Å². The number of aryl methyl sites for hydroxylation is 3. The van der Waals surface area contributed by atoms with Crippen molar-refractivity contribution in [1.82, 2.24) is 24.6 Å². The summed E-state index contributed by atoms with van der Waals surface area (Å²) in [5, 5.41) is 7.53. The van der Waals surface area contributed by atoms with E-state index in [-0.39, 0.29) is 17.9 Å². The normalized spacial score (nSPS) is 18.0. The van der Waals surface area contributed by atoms with Gasteiger partial charge in [-0.2, -0.15) is 5.10 Å². The largest absolute Gasteiger partial charge is 0.341 e. The molecule has 0 radical (unpaired) electrons. The van der Waals surface area contributed by atoms with Crippen LogP contribution in [-0.4, -0.2) is 56.5 Å². The summed E-state index contributed by atoms with van der Waals surface area (Å²) in [5.41, 5.74) is 5.31. The highest BCUT2D eigenvalue weighted by molar-refractivity contribution is 7.09. The number of carbonyl (C=O) groups is 2. The maximum absolute atomic E-state index is 13.3. The molecule has 0 bridgehead atoms.